The first-order valence-corrected chi connectivity index (χ1v) is 3.82. The molecular weight excluding hydrogens is 153 g/mol. The summed E-state index contributed by atoms with van der Waals surface area (Å²) in [5, 5.41) is 8.49. The van der Waals surface area contributed by atoms with Crippen LogP contribution in [0.15, 0.2) is 0 Å². The van der Waals surface area contributed by atoms with E-state index in [1.165, 1.54) is 11.3 Å². The van der Waals surface area contributed by atoms with Crippen LogP contribution in [-0.2, 0) is 0 Å². The van der Waals surface area contributed by atoms with Crippen LogP contribution >= 0.6 is 11.3 Å². The molecule has 1 aliphatic carbocycles. The van der Waals surface area contributed by atoms with Crippen LogP contribution in [0.5, 0.6) is 0 Å². The minimum Gasteiger partial charge on any atom is -0.374 e. The van der Waals surface area contributed by atoms with Gasteiger partial charge in [-0.25, -0.2) is 4.39 Å². The molecule has 3 nitrogen and oxygen atoms in total. The Morgan fingerprint density at radius 1 is 1.60 bits per heavy atom. The Labute approximate surface area is 61.1 Å². The minimum absolute atomic E-state index is 0.00481. The molecular formula is C5H6FN3S. The van der Waals surface area contributed by atoms with Crippen LogP contribution in [0, 0.1) is 0 Å². The number of rotatable bonds is 1. The Kier molecular flexibility index (Phi) is 1.14. The van der Waals surface area contributed by atoms with E-state index in [2.05, 4.69) is 10.2 Å². The second kappa shape index (κ2) is 1.88. The zero-order valence-electron chi connectivity index (χ0n) is 5.12. The molecule has 1 aromatic rings. The van der Waals surface area contributed by atoms with E-state index in [-0.39, 0.29) is 5.92 Å². The highest BCUT2D eigenvalue weighted by Crippen LogP contribution is 2.44. The molecule has 1 heterocycles. The van der Waals surface area contributed by atoms with Gasteiger partial charge >= 0.3 is 0 Å². The largest absolute Gasteiger partial charge is 0.374 e. The predicted molar refractivity (Wildman–Crippen MR) is 36.6 cm³/mol. The summed E-state index contributed by atoms with van der Waals surface area (Å²) in [5.74, 6) is -0.00481. The quantitative estimate of drug-likeness (QED) is 0.663. The monoisotopic (exact) mass is 159 g/mol. The number of nitrogens with zero attached hydrogens (tertiary/aromatic N) is 2. The average molecular weight is 159 g/mol. The number of anilines is 1. The van der Waals surface area contributed by atoms with Crippen molar-refractivity contribution in [2.75, 3.05) is 5.73 Å². The average Bonchev–Trinajstić information content (AvgIpc) is 2.42. The van der Waals surface area contributed by atoms with Gasteiger partial charge in [-0.1, -0.05) is 11.3 Å². The molecule has 0 unspecified atom stereocenters. The standard InChI is InChI=1S/C5H6FN3S/c6-3-1-2(3)4-8-9-5(7)10-4/h2-3H,1H2,(H2,7,9)/t2-,3-/m0/s1. The topological polar surface area (TPSA) is 51.8 Å². The lowest BCUT2D eigenvalue weighted by atomic mass is 10.5. The Morgan fingerprint density at radius 2 is 2.30 bits per heavy atom. The molecule has 2 N–H and O–H groups in total. The van der Waals surface area contributed by atoms with Crippen molar-refractivity contribution in [1.82, 2.24) is 10.2 Å². The molecule has 0 aliphatic heterocycles. The molecule has 0 amide bonds. The van der Waals surface area contributed by atoms with E-state index in [1.54, 1.807) is 0 Å². The zero-order valence-corrected chi connectivity index (χ0v) is 5.94. The van der Waals surface area contributed by atoms with Crippen molar-refractivity contribution in [3.05, 3.63) is 5.01 Å². The number of nitrogens with two attached hydrogens (primary N) is 1. The van der Waals surface area contributed by atoms with Crippen LogP contribution in [0.3, 0.4) is 0 Å². The fourth-order valence-electron chi connectivity index (χ4n) is 0.816. The van der Waals surface area contributed by atoms with E-state index in [4.69, 9.17) is 5.73 Å². The zero-order chi connectivity index (χ0) is 7.14. The molecule has 0 aromatic carbocycles. The van der Waals surface area contributed by atoms with Gasteiger partial charge in [0.25, 0.3) is 0 Å². The van der Waals surface area contributed by atoms with Crippen molar-refractivity contribution in [1.29, 1.82) is 0 Å². The molecule has 2 rings (SSSR count). The smallest absolute Gasteiger partial charge is 0.203 e. The van der Waals surface area contributed by atoms with Crippen molar-refractivity contribution in [2.45, 2.75) is 18.5 Å². The van der Waals surface area contributed by atoms with E-state index in [0.717, 1.165) is 5.01 Å². The molecule has 1 saturated carbocycles. The fourth-order valence-corrected chi connectivity index (χ4v) is 1.59. The van der Waals surface area contributed by atoms with Crippen molar-refractivity contribution in [3.8, 4) is 0 Å². The summed E-state index contributed by atoms with van der Waals surface area (Å²) >= 11 is 1.28. The number of aromatic nitrogens is 2. The highest BCUT2D eigenvalue weighted by Gasteiger charge is 2.41. The molecule has 0 bridgehead atoms. The molecule has 54 valence electrons. The number of hydrogen-bond acceptors (Lipinski definition) is 4. The molecule has 2 atom stereocenters. The van der Waals surface area contributed by atoms with Gasteiger partial charge in [-0.3, -0.25) is 0 Å². The molecule has 0 saturated heterocycles. The molecule has 0 radical (unpaired) electrons. The fraction of sp³-hybridized carbons (Fsp3) is 0.600. The molecule has 10 heavy (non-hydrogen) atoms. The number of alkyl halides is 1. The summed E-state index contributed by atoms with van der Waals surface area (Å²) in [6, 6.07) is 0. The highest BCUT2D eigenvalue weighted by molar-refractivity contribution is 7.15. The van der Waals surface area contributed by atoms with Gasteiger partial charge in [-0.05, 0) is 6.42 Å². The maximum atomic E-state index is 12.4. The van der Waals surface area contributed by atoms with E-state index in [9.17, 15) is 4.39 Å². The minimum atomic E-state index is -0.702. The van der Waals surface area contributed by atoms with Gasteiger partial charge < -0.3 is 5.73 Å². The Hall–Kier alpha value is -0.710. The molecule has 5 heteroatoms. The van der Waals surface area contributed by atoms with Gasteiger partial charge in [-0.2, -0.15) is 0 Å². The summed E-state index contributed by atoms with van der Waals surface area (Å²) in [6.45, 7) is 0. The van der Waals surface area contributed by atoms with Gasteiger partial charge in [0.15, 0.2) is 0 Å². The van der Waals surface area contributed by atoms with Crippen LogP contribution in [0.2, 0.25) is 0 Å². The van der Waals surface area contributed by atoms with Gasteiger partial charge in [0.05, 0.1) is 0 Å². The van der Waals surface area contributed by atoms with Crippen LogP contribution in [0.1, 0.15) is 17.3 Å². The van der Waals surface area contributed by atoms with E-state index < -0.39 is 6.17 Å². The van der Waals surface area contributed by atoms with E-state index >= 15 is 0 Å². The third kappa shape index (κ3) is 0.862. The second-order valence-electron chi connectivity index (χ2n) is 2.34. The Bertz CT molecular complexity index is 249. The van der Waals surface area contributed by atoms with E-state index in [1.807, 2.05) is 0 Å². The maximum Gasteiger partial charge on any atom is 0.203 e. The maximum absolute atomic E-state index is 12.4. The summed E-state index contributed by atoms with van der Waals surface area (Å²) in [7, 11) is 0. The number of nitrogen functional groups attached to an aromatic ring is 1. The molecule has 1 fully saturated rings. The normalized spacial score (nSPS) is 30.5. The van der Waals surface area contributed by atoms with Gasteiger partial charge in [-0.15, -0.1) is 10.2 Å². The Morgan fingerprint density at radius 3 is 2.70 bits per heavy atom. The lowest BCUT2D eigenvalue weighted by Crippen LogP contribution is -1.81. The lowest BCUT2D eigenvalue weighted by molar-refractivity contribution is 0.467. The number of halogens is 1. The van der Waals surface area contributed by atoms with Crippen LogP contribution in [0.4, 0.5) is 9.52 Å². The molecule has 1 aliphatic rings. The Balaban J connectivity index is 2.20. The number of hydrogen-bond donors (Lipinski definition) is 1. The predicted octanol–water partition coefficient (Wildman–Crippen LogP) is 0.946. The second-order valence-corrected chi connectivity index (χ2v) is 3.38. The first-order chi connectivity index (χ1) is 4.77. The van der Waals surface area contributed by atoms with Gasteiger partial charge in [0, 0.05) is 5.92 Å². The highest BCUT2D eigenvalue weighted by atomic mass is 32.1. The van der Waals surface area contributed by atoms with Crippen molar-refractivity contribution in [2.24, 2.45) is 0 Å². The molecule has 1 aromatic heterocycles. The first-order valence-electron chi connectivity index (χ1n) is 3.00. The summed E-state index contributed by atoms with van der Waals surface area (Å²) in [6.07, 6.45) is -0.110. The van der Waals surface area contributed by atoms with Crippen LogP contribution < -0.4 is 5.73 Å². The SMILES string of the molecule is Nc1nnc([C@H]2C[C@@H]2F)s1. The summed E-state index contributed by atoms with van der Waals surface area (Å²) in [5.41, 5.74) is 5.31. The lowest BCUT2D eigenvalue weighted by Gasteiger charge is -1.81. The summed E-state index contributed by atoms with van der Waals surface area (Å²) < 4.78 is 12.4. The van der Waals surface area contributed by atoms with Crippen molar-refractivity contribution < 1.29 is 4.39 Å². The first kappa shape index (κ1) is 6.03. The van der Waals surface area contributed by atoms with Crippen LogP contribution in [0.25, 0.3) is 0 Å². The van der Waals surface area contributed by atoms with Gasteiger partial charge in [0.1, 0.15) is 11.2 Å². The van der Waals surface area contributed by atoms with Crippen molar-refractivity contribution in [3.63, 3.8) is 0 Å². The summed E-state index contributed by atoms with van der Waals surface area (Å²) in [4.78, 5) is 0. The third-order valence-corrected chi connectivity index (χ3v) is 2.37. The van der Waals surface area contributed by atoms with Crippen LogP contribution in [-0.4, -0.2) is 16.4 Å². The molecule has 0 spiro atoms. The van der Waals surface area contributed by atoms with Gasteiger partial charge in [0.2, 0.25) is 5.13 Å². The van der Waals surface area contributed by atoms with Crippen molar-refractivity contribution >= 4 is 16.5 Å². The van der Waals surface area contributed by atoms with E-state index in [0.29, 0.717) is 11.6 Å². The third-order valence-electron chi connectivity index (χ3n) is 1.49.